The van der Waals surface area contributed by atoms with E-state index in [1.807, 2.05) is 30.5 Å². The highest BCUT2D eigenvalue weighted by Gasteiger charge is 2.32. The third kappa shape index (κ3) is 4.95. The van der Waals surface area contributed by atoms with Crippen LogP contribution in [0.1, 0.15) is 21.5 Å². The summed E-state index contributed by atoms with van der Waals surface area (Å²) in [5.74, 6) is -1.87. The van der Waals surface area contributed by atoms with E-state index in [9.17, 15) is 24.6 Å². The number of H-pyrrole nitrogens is 1. The van der Waals surface area contributed by atoms with Crippen LogP contribution in [0.3, 0.4) is 0 Å². The fourth-order valence-electron chi connectivity index (χ4n) is 4.53. The fourth-order valence-corrected chi connectivity index (χ4v) is 4.53. The molecule has 1 unspecified atom stereocenters. The monoisotopic (exact) mass is 496 g/mol. The van der Waals surface area contributed by atoms with Crippen molar-refractivity contribution in [1.82, 2.24) is 9.88 Å². The van der Waals surface area contributed by atoms with Gasteiger partial charge in [-0.05, 0) is 47.9 Å². The standard InChI is InChI=1S/C29H24N2O6/c32-21-11-9-18(10-12-21)15-25(28(34)35)31(14-13-20-17-30-24-7-3-2-6-22(20)24)27(33)23-16-19-5-1-4-8-26(19)37-29(23)36/h1-12,16-17,25,30,32H,13-15H2,(H,34,35). The number of aromatic hydroxyl groups is 1. The van der Waals surface area contributed by atoms with E-state index in [2.05, 4.69) is 4.98 Å². The zero-order valence-corrected chi connectivity index (χ0v) is 19.8. The number of nitrogens with zero attached hydrogens (tertiary/aromatic N) is 1. The molecule has 37 heavy (non-hydrogen) atoms. The second-order valence-corrected chi connectivity index (χ2v) is 8.82. The Morgan fingerprint density at radius 2 is 1.70 bits per heavy atom. The molecule has 1 amide bonds. The molecule has 0 bridgehead atoms. The van der Waals surface area contributed by atoms with Crippen LogP contribution < -0.4 is 5.63 Å². The first-order chi connectivity index (χ1) is 17.9. The number of nitrogens with one attached hydrogen (secondary N) is 1. The Labute approximate surface area is 211 Å². The Morgan fingerprint density at radius 1 is 0.973 bits per heavy atom. The number of amides is 1. The molecule has 3 N–H and O–H groups in total. The third-order valence-electron chi connectivity index (χ3n) is 6.46. The van der Waals surface area contributed by atoms with E-state index in [1.54, 1.807) is 36.4 Å². The van der Waals surface area contributed by atoms with Crippen LogP contribution in [-0.4, -0.2) is 44.6 Å². The van der Waals surface area contributed by atoms with E-state index >= 15 is 0 Å². The van der Waals surface area contributed by atoms with E-state index in [1.165, 1.54) is 23.1 Å². The molecule has 0 aliphatic carbocycles. The maximum atomic E-state index is 13.8. The number of para-hydroxylation sites is 2. The van der Waals surface area contributed by atoms with Gasteiger partial charge >= 0.3 is 11.6 Å². The van der Waals surface area contributed by atoms with E-state index in [-0.39, 0.29) is 24.3 Å². The maximum Gasteiger partial charge on any atom is 0.349 e. The van der Waals surface area contributed by atoms with Gasteiger partial charge < -0.3 is 24.5 Å². The summed E-state index contributed by atoms with van der Waals surface area (Å²) in [6.45, 7) is 0.0575. The minimum Gasteiger partial charge on any atom is -0.508 e. The van der Waals surface area contributed by atoms with Crippen LogP contribution in [0.2, 0.25) is 0 Å². The van der Waals surface area contributed by atoms with Gasteiger partial charge in [-0.3, -0.25) is 4.79 Å². The largest absolute Gasteiger partial charge is 0.508 e. The Morgan fingerprint density at radius 3 is 2.49 bits per heavy atom. The highest BCUT2D eigenvalue weighted by atomic mass is 16.4. The summed E-state index contributed by atoms with van der Waals surface area (Å²) in [4.78, 5) is 43.4. The third-order valence-corrected chi connectivity index (χ3v) is 6.46. The number of aliphatic carboxylic acids is 1. The van der Waals surface area contributed by atoms with Crippen LogP contribution >= 0.6 is 0 Å². The molecule has 0 saturated heterocycles. The summed E-state index contributed by atoms with van der Waals surface area (Å²) in [5.41, 5.74) is 1.77. The first-order valence-electron chi connectivity index (χ1n) is 11.8. The molecule has 1 atom stereocenters. The van der Waals surface area contributed by atoms with Crippen molar-refractivity contribution in [1.29, 1.82) is 0 Å². The molecule has 2 heterocycles. The molecule has 0 aliphatic heterocycles. The number of benzene rings is 3. The molecular formula is C29H24N2O6. The van der Waals surface area contributed by atoms with Gasteiger partial charge in [0, 0.05) is 35.5 Å². The molecule has 186 valence electrons. The van der Waals surface area contributed by atoms with Crippen molar-refractivity contribution in [2.45, 2.75) is 18.9 Å². The van der Waals surface area contributed by atoms with E-state index < -0.39 is 23.5 Å². The number of hydrogen-bond donors (Lipinski definition) is 3. The Hall–Kier alpha value is -4.85. The average molecular weight is 497 g/mol. The van der Waals surface area contributed by atoms with Crippen molar-refractivity contribution < 1.29 is 24.2 Å². The Balaban J connectivity index is 1.53. The van der Waals surface area contributed by atoms with E-state index in [4.69, 9.17) is 4.42 Å². The van der Waals surface area contributed by atoms with E-state index in [0.29, 0.717) is 23.0 Å². The van der Waals surface area contributed by atoms with Crippen molar-refractivity contribution in [3.63, 3.8) is 0 Å². The summed E-state index contributed by atoms with van der Waals surface area (Å²) in [6.07, 6.45) is 2.20. The number of carbonyl (C=O) groups excluding carboxylic acids is 1. The highest BCUT2D eigenvalue weighted by molar-refractivity contribution is 5.98. The van der Waals surface area contributed by atoms with Gasteiger partial charge in [-0.1, -0.05) is 48.5 Å². The molecule has 0 radical (unpaired) electrons. The van der Waals surface area contributed by atoms with Gasteiger partial charge in [0.15, 0.2) is 0 Å². The predicted molar refractivity (Wildman–Crippen MR) is 139 cm³/mol. The second-order valence-electron chi connectivity index (χ2n) is 8.82. The summed E-state index contributed by atoms with van der Waals surface area (Å²) < 4.78 is 5.36. The Kier molecular flexibility index (Phi) is 6.47. The molecular weight excluding hydrogens is 472 g/mol. The molecule has 5 aromatic rings. The molecule has 8 heteroatoms. The number of aromatic nitrogens is 1. The van der Waals surface area contributed by atoms with Gasteiger partial charge in [-0.15, -0.1) is 0 Å². The second kappa shape index (κ2) is 10.0. The summed E-state index contributed by atoms with van der Waals surface area (Å²) in [7, 11) is 0. The van der Waals surface area contributed by atoms with Crippen molar-refractivity contribution in [3.05, 3.63) is 112 Å². The molecule has 0 aliphatic rings. The lowest BCUT2D eigenvalue weighted by Crippen LogP contribution is -2.48. The number of carbonyl (C=O) groups is 2. The number of carboxylic acid groups (broad SMARTS) is 1. The quantitative estimate of drug-likeness (QED) is 0.274. The zero-order chi connectivity index (χ0) is 25.9. The number of phenolic OH excluding ortho intramolecular Hbond substituents is 1. The molecule has 0 fully saturated rings. The van der Waals surface area contributed by atoms with Crippen LogP contribution in [0.15, 0.2) is 94.3 Å². The number of fused-ring (bicyclic) bond motifs is 2. The van der Waals surface area contributed by atoms with Crippen LogP contribution in [0.25, 0.3) is 21.9 Å². The molecule has 0 saturated carbocycles. The minimum absolute atomic E-state index is 0.00580. The lowest BCUT2D eigenvalue weighted by Gasteiger charge is -2.29. The van der Waals surface area contributed by atoms with Gasteiger partial charge in [0.1, 0.15) is 22.9 Å². The van der Waals surface area contributed by atoms with E-state index in [0.717, 1.165) is 16.5 Å². The summed E-state index contributed by atoms with van der Waals surface area (Å²) in [5, 5.41) is 21.3. The number of phenols is 1. The number of carboxylic acids is 1. The number of rotatable bonds is 8. The van der Waals surface area contributed by atoms with Gasteiger partial charge in [0.05, 0.1) is 0 Å². The molecule has 8 nitrogen and oxygen atoms in total. The maximum absolute atomic E-state index is 13.8. The first-order valence-corrected chi connectivity index (χ1v) is 11.8. The number of hydrogen-bond acceptors (Lipinski definition) is 5. The van der Waals surface area contributed by atoms with Crippen LogP contribution in [0.5, 0.6) is 5.75 Å². The molecule has 3 aromatic carbocycles. The lowest BCUT2D eigenvalue weighted by atomic mass is 10.0. The van der Waals surface area contributed by atoms with Crippen molar-refractivity contribution in [3.8, 4) is 5.75 Å². The predicted octanol–water partition coefficient (Wildman–Crippen LogP) is 4.36. The minimum atomic E-state index is -1.26. The van der Waals surface area contributed by atoms with Gasteiger partial charge in [0.25, 0.3) is 5.91 Å². The van der Waals surface area contributed by atoms with Gasteiger partial charge in [-0.25, -0.2) is 9.59 Å². The smallest absolute Gasteiger partial charge is 0.349 e. The van der Waals surface area contributed by atoms with Crippen LogP contribution in [-0.2, 0) is 17.6 Å². The number of aromatic amines is 1. The fraction of sp³-hybridized carbons (Fsp3) is 0.138. The molecule has 2 aromatic heterocycles. The molecule has 5 rings (SSSR count). The van der Waals surface area contributed by atoms with Crippen molar-refractivity contribution >= 4 is 33.7 Å². The first kappa shape index (κ1) is 23.9. The van der Waals surface area contributed by atoms with Crippen molar-refractivity contribution in [2.75, 3.05) is 6.54 Å². The summed E-state index contributed by atoms with van der Waals surface area (Å²) in [6, 6.07) is 20.9. The van der Waals surface area contributed by atoms with Crippen molar-refractivity contribution in [2.24, 2.45) is 0 Å². The normalized spacial score (nSPS) is 12.0. The topological polar surface area (TPSA) is 124 Å². The van der Waals surface area contributed by atoms with Crippen LogP contribution in [0.4, 0.5) is 0 Å². The highest BCUT2D eigenvalue weighted by Crippen LogP contribution is 2.22. The lowest BCUT2D eigenvalue weighted by molar-refractivity contribution is -0.142. The molecule has 0 spiro atoms. The van der Waals surface area contributed by atoms with Gasteiger partial charge in [-0.2, -0.15) is 0 Å². The van der Waals surface area contributed by atoms with Gasteiger partial charge in [0.2, 0.25) is 0 Å². The Bertz CT molecular complexity index is 1650. The summed E-state index contributed by atoms with van der Waals surface area (Å²) >= 11 is 0. The average Bonchev–Trinajstić information content (AvgIpc) is 3.31. The van der Waals surface area contributed by atoms with Crippen LogP contribution in [0, 0.1) is 0 Å². The zero-order valence-electron chi connectivity index (χ0n) is 19.8. The SMILES string of the molecule is O=C(O)C(Cc1ccc(O)cc1)N(CCc1c[nH]c2ccccc12)C(=O)c1cc2ccccc2oc1=O.